The molecule has 0 aliphatic rings. The molecule has 0 radical (unpaired) electrons. The first-order valence-electron chi connectivity index (χ1n) is 8.23. The predicted molar refractivity (Wildman–Crippen MR) is 104 cm³/mol. The van der Waals surface area contributed by atoms with Gasteiger partial charge < -0.3 is 14.8 Å². The summed E-state index contributed by atoms with van der Waals surface area (Å²) < 4.78 is 2.16. The van der Waals surface area contributed by atoms with E-state index in [1.54, 1.807) is 11.3 Å². The topological polar surface area (TPSA) is 45.5 Å². The van der Waals surface area contributed by atoms with E-state index in [4.69, 9.17) is 0 Å². The molecular weight excluding hydrogens is 330 g/mol. The molecule has 0 saturated heterocycles. The lowest BCUT2D eigenvalue weighted by Crippen LogP contribution is -2.38. The van der Waals surface area contributed by atoms with E-state index in [2.05, 4.69) is 65.9 Å². The molecule has 0 unspecified atom stereocenters. The van der Waals surface area contributed by atoms with Crippen molar-refractivity contribution in [3.8, 4) is 0 Å². The number of guanidine groups is 1. The molecule has 2 heterocycles. The van der Waals surface area contributed by atoms with Crippen molar-refractivity contribution in [2.24, 2.45) is 4.99 Å². The number of aromatic nitrogens is 2. The summed E-state index contributed by atoms with van der Waals surface area (Å²) in [5, 5.41) is 7.67. The van der Waals surface area contributed by atoms with Crippen LogP contribution >= 0.6 is 11.3 Å². The number of imidazole rings is 1. The van der Waals surface area contributed by atoms with Gasteiger partial charge in [0.1, 0.15) is 5.82 Å². The first-order chi connectivity index (χ1) is 12.3. The molecule has 1 aromatic carbocycles. The summed E-state index contributed by atoms with van der Waals surface area (Å²) in [6, 6.07) is 12.6. The third-order valence-electron chi connectivity index (χ3n) is 3.98. The molecule has 0 spiro atoms. The lowest BCUT2D eigenvalue weighted by atomic mass is 10.2. The van der Waals surface area contributed by atoms with Crippen LogP contribution in [0, 0.1) is 0 Å². The Morgan fingerprint density at radius 1 is 1.24 bits per heavy atom. The molecule has 0 bridgehead atoms. The number of rotatable bonds is 6. The highest BCUT2D eigenvalue weighted by Crippen LogP contribution is 2.09. The van der Waals surface area contributed by atoms with Crippen LogP contribution in [-0.2, 0) is 19.6 Å². The second-order valence-electron chi connectivity index (χ2n) is 5.85. The van der Waals surface area contributed by atoms with Crippen molar-refractivity contribution >= 4 is 17.3 Å². The van der Waals surface area contributed by atoms with Gasteiger partial charge in [-0.2, -0.15) is 11.3 Å². The zero-order chi connectivity index (χ0) is 17.5. The van der Waals surface area contributed by atoms with Gasteiger partial charge in [0.05, 0.1) is 6.54 Å². The van der Waals surface area contributed by atoms with Gasteiger partial charge in [-0.05, 0) is 28.0 Å². The lowest BCUT2D eigenvalue weighted by molar-refractivity contribution is 0.475. The van der Waals surface area contributed by atoms with Gasteiger partial charge in [-0.15, -0.1) is 0 Å². The number of hydrogen-bond donors (Lipinski definition) is 1. The summed E-state index contributed by atoms with van der Waals surface area (Å²) in [7, 11) is 3.85. The van der Waals surface area contributed by atoms with E-state index in [-0.39, 0.29) is 0 Å². The number of benzene rings is 1. The van der Waals surface area contributed by atoms with Gasteiger partial charge in [-0.1, -0.05) is 30.3 Å². The van der Waals surface area contributed by atoms with E-state index in [0.29, 0.717) is 6.54 Å². The Labute approximate surface area is 152 Å². The van der Waals surface area contributed by atoms with E-state index < -0.39 is 0 Å². The van der Waals surface area contributed by atoms with E-state index >= 15 is 0 Å². The Bertz CT molecular complexity index is 792. The largest absolute Gasteiger partial charge is 0.349 e. The molecule has 25 heavy (non-hydrogen) atoms. The van der Waals surface area contributed by atoms with Crippen molar-refractivity contribution in [2.75, 3.05) is 14.1 Å². The van der Waals surface area contributed by atoms with Crippen LogP contribution in [0.1, 0.15) is 17.0 Å². The minimum absolute atomic E-state index is 0.639. The van der Waals surface area contributed by atoms with E-state index in [1.165, 1.54) is 11.1 Å². The molecule has 0 aliphatic carbocycles. The van der Waals surface area contributed by atoms with E-state index in [0.717, 1.165) is 24.9 Å². The van der Waals surface area contributed by atoms with E-state index in [1.807, 2.05) is 32.6 Å². The lowest BCUT2D eigenvalue weighted by Gasteiger charge is -2.21. The van der Waals surface area contributed by atoms with Crippen LogP contribution in [-0.4, -0.2) is 34.5 Å². The quantitative estimate of drug-likeness (QED) is 0.547. The second-order valence-corrected chi connectivity index (χ2v) is 6.63. The zero-order valence-corrected chi connectivity index (χ0v) is 15.4. The number of aliphatic imine (C=N–C) groups is 1. The van der Waals surface area contributed by atoms with Crippen molar-refractivity contribution in [1.29, 1.82) is 0 Å². The fourth-order valence-corrected chi connectivity index (χ4v) is 3.37. The Morgan fingerprint density at radius 3 is 2.80 bits per heavy atom. The predicted octanol–water partition coefficient (Wildman–Crippen LogP) is 3.20. The maximum atomic E-state index is 4.48. The van der Waals surface area contributed by atoms with Crippen LogP contribution in [0.5, 0.6) is 0 Å². The van der Waals surface area contributed by atoms with Gasteiger partial charge in [0.25, 0.3) is 0 Å². The van der Waals surface area contributed by atoms with Crippen LogP contribution in [0.2, 0.25) is 0 Å². The first kappa shape index (κ1) is 17.2. The molecule has 0 fully saturated rings. The smallest absolute Gasteiger partial charge is 0.194 e. The fraction of sp³-hybridized carbons (Fsp3) is 0.263. The second kappa shape index (κ2) is 8.48. The highest BCUT2D eigenvalue weighted by Gasteiger charge is 2.09. The van der Waals surface area contributed by atoms with Gasteiger partial charge in [-0.3, -0.25) is 4.99 Å². The van der Waals surface area contributed by atoms with Crippen molar-refractivity contribution in [3.05, 3.63) is 76.5 Å². The minimum Gasteiger partial charge on any atom is -0.349 e. The van der Waals surface area contributed by atoms with Crippen molar-refractivity contribution in [3.63, 3.8) is 0 Å². The molecule has 3 aromatic rings. The van der Waals surface area contributed by atoms with Crippen LogP contribution < -0.4 is 5.32 Å². The highest BCUT2D eigenvalue weighted by atomic mass is 32.1. The number of thiophene rings is 1. The van der Waals surface area contributed by atoms with Crippen LogP contribution in [0.4, 0.5) is 0 Å². The normalized spacial score (nSPS) is 11.5. The van der Waals surface area contributed by atoms with Crippen molar-refractivity contribution in [1.82, 2.24) is 19.8 Å². The fourth-order valence-electron chi connectivity index (χ4n) is 2.71. The Balaban J connectivity index is 1.60. The summed E-state index contributed by atoms with van der Waals surface area (Å²) in [6.07, 6.45) is 3.86. The molecule has 3 rings (SSSR count). The molecule has 0 saturated carbocycles. The van der Waals surface area contributed by atoms with Gasteiger partial charge in [-0.25, -0.2) is 4.98 Å². The molecule has 6 heteroatoms. The van der Waals surface area contributed by atoms with Gasteiger partial charge in [0.15, 0.2) is 5.96 Å². The molecule has 2 aromatic heterocycles. The summed E-state index contributed by atoms with van der Waals surface area (Å²) in [6.45, 7) is 2.29. The number of nitrogens with one attached hydrogen (secondary N) is 1. The molecule has 0 atom stereocenters. The van der Waals surface area contributed by atoms with Crippen molar-refractivity contribution in [2.45, 2.75) is 19.6 Å². The summed E-state index contributed by atoms with van der Waals surface area (Å²) in [4.78, 5) is 11.0. The summed E-state index contributed by atoms with van der Waals surface area (Å²) in [5.41, 5.74) is 2.56. The SMILES string of the molecule is CN=C(NCc1nccn1Cc1ccccc1)N(C)Cc1ccsc1. The Morgan fingerprint density at radius 2 is 2.08 bits per heavy atom. The average Bonchev–Trinajstić information content (AvgIpc) is 3.29. The molecule has 0 aliphatic heterocycles. The van der Waals surface area contributed by atoms with Crippen LogP contribution in [0.3, 0.4) is 0 Å². The molecule has 0 amide bonds. The number of nitrogens with zero attached hydrogens (tertiary/aromatic N) is 4. The molecular formula is C19H23N5S. The third kappa shape index (κ3) is 4.70. The monoisotopic (exact) mass is 353 g/mol. The first-order valence-corrected chi connectivity index (χ1v) is 9.17. The van der Waals surface area contributed by atoms with Gasteiger partial charge in [0.2, 0.25) is 0 Å². The van der Waals surface area contributed by atoms with Gasteiger partial charge >= 0.3 is 0 Å². The average molecular weight is 353 g/mol. The third-order valence-corrected chi connectivity index (χ3v) is 4.71. The Hall–Kier alpha value is -2.60. The number of hydrogen-bond acceptors (Lipinski definition) is 3. The molecule has 5 nitrogen and oxygen atoms in total. The highest BCUT2D eigenvalue weighted by molar-refractivity contribution is 7.07. The van der Waals surface area contributed by atoms with Crippen LogP contribution in [0.25, 0.3) is 0 Å². The summed E-state index contributed by atoms with van der Waals surface area (Å²) in [5.74, 6) is 1.86. The zero-order valence-electron chi connectivity index (χ0n) is 14.6. The summed E-state index contributed by atoms with van der Waals surface area (Å²) >= 11 is 1.71. The molecule has 1 N–H and O–H groups in total. The molecule has 130 valence electrons. The van der Waals surface area contributed by atoms with Crippen molar-refractivity contribution < 1.29 is 0 Å². The van der Waals surface area contributed by atoms with Crippen LogP contribution in [0.15, 0.2) is 64.5 Å². The minimum atomic E-state index is 0.639. The standard InChI is InChI=1S/C19H23N5S/c1-20-19(23(2)13-17-8-11-25-15-17)22-12-18-21-9-10-24(18)14-16-6-4-3-5-7-16/h3-11,15H,12-14H2,1-2H3,(H,20,22). The Kier molecular flexibility index (Phi) is 5.85. The maximum absolute atomic E-state index is 4.48. The van der Waals surface area contributed by atoms with E-state index in [9.17, 15) is 0 Å². The maximum Gasteiger partial charge on any atom is 0.194 e. The van der Waals surface area contributed by atoms with Gasteiger partial charge in [0, 0.05) is 39.6 Å².